The van der Waals surface area contributed by atoms with Gasteiger partial charge in [-0.2, -0.15) is 0 Å². The minimum atomic E-state index is -0.249. The Bertz CT molecular complexity index is 428. The first-order valence-electron chi connectivity index (χ1n) is 7.51. The summed E-state index contributed by atoms with van der Waals surface area (Å²) in [5, 5.41) is 3.37. The van der Waals surface area contributed by atoms with Crippen LogP contribution in [-0.4, -0.2) is 19.2 Å². The maximum absolute atomic E-state index is 14.0. The van der Waals surface area contributed by atoms with Crippen molar-refractivity contribution >= 4 is 5.69 Å². The number of halogens is 1. The van der Waals surface area contributed by atoms with Gasteiger partial charge in [0.1, 0.15) is 11.6 Å². The van der Waals surface area contributed by atoms with Gasteiger partial charge in [0.2, 0.25) is 0 Å². The minimum absolute atomic E-state index is 0.187. The van der Waals surface area contributed by atoms with Crippen LogP contribution in [0, 0.1) is 5.82 Å². The molecule has 0 heterocycles. The lowest BCUT2D eigenvalue weighted by Gasteiger charge is -2.36. The number of ether oxygens (including phenoxy) is 1. The van der Waals surface area contributed by atoms with E-state index in [1.165, 1.54) is 25.3 Å². The van der Waals surface area contributed by atoms with E-state index in [9.17, 15) is 4.39 Å². The molecule has 1 saturated carbocycles. The van der Waals surface area contributed by atoms with Crippen LogP contribution in [0.4, 0.5) is 10.1 Å². The first kappa shape index (κ1) is 15.1. The van der Waals surface area contributed by atoms with E-state index in [0.717, 1.165) is 25.7 Å². The second-order valence-electron chi connectivity index (χ2n) is 5.72. The molecule has 1 aromatic rings. The van der Waals surface area contributed by atoms with Crippen LogP contribution >= 0.6 is 0 Å². The van der Waals surface area contributed by atoms with Crippen LogP contribution in [0.5, 0.6) is 5.75 Å². The molecule has 3 nitrogen and oxygen atoms in total. The largest absolute Gasteiger partial charge is 0.497 e. The van der Waals surface area contributed by atoms with Crippen molar-refractivity contribution in [3.63, 3.8) is 0 Å². The number of nitrogens with two attached hydrogens (primary N) is 1. The van der Waals surface area contributed by atoms with Gasteiger partial charge in [0, 0.05) is 18.2 Å². The highest BCUT2D eigenvalue weighted by atomic mass is 19.1. The average molecular weight is 280 g/mol. The van der Waals surface area contributed by atoms with Crippen LogP contribution in [0.3, 0.4) is 0 Å². The van der Waals surface area contributed by atoms with Crippen molar-refractivity contribution in [3.8, 4) is 5.75 Å². The van der Waals surface area contributed by atoms with Gasteiger partial charge in [-0.25, -0.2) is 4.39 Å². The fourth-order valence-corrected chi connectivity index (χ4v) is 2.98. The Morgan fingerprint density at radius 1 is 1.20 bits per heavy atom. The standard InChI is InChI=1S/C16H25FN2O/c1-20-13-7-8-14(17)15(11-13)19-16(12-18)9-5-3-2-4-6-10-16/h7-8,11,19H,2-6,9-10,12,18H2,1H3. The normalized spacial score (nSPS) is 18.9. The number of hydrogen-bond acceptors (Lipinski definition) is 3. The van der Waals surface area contributed by atoms with E-state index in [2.05, 4.69) is 5.32 Å². The molecule has 0 amide bonds. The maximum Gasteiger partial charge on any atom is 0.146 e. The summed E-state index contributed by atoms with van der Waals surface area (Å²) in [6.45, 7) is 0.531. The first-order valence-corrected chi connectivity index (χ1v) is 7.51. The Balaban J connectivity index is 2.19. The predicted molar refractivity (Wildman–Crippen MR) is 80.7 cm³/mol. The second-order valence-corrected chi connectivity index (χ2v) is 5.72. The highest BCUT2D eigenvalue weighted by Crippen LogP contribution is 2.31. The van der Waals surface area contributed by atoms with Gasteiger partial charge in [-0.1, -0.05) is 32.1 Å². The number of hydrogen-bond donors (Lipinski definition) is 2. The lowest BCUT2D eigenvalue weighted by Crippen LogP contribution is -2.46. The first-order chi connectivity index (χ1) is 9.69. The van der Waals surface area contributed by atoms with E-state index in [0.29, 0.717) is 18.0 Å². The van der Waals surface area contributed by atoms with Gasteiger partial charge in [-0.3, -0.25) is 0 Å². The second kappa shape index (κ2) is 6.93. The summed E-state index contributed by atoms with van der Waals surface area (Å²) in [5.74, 6) is 0.410. The van der Waals surface area contributed by atoms with Gasteiger partial charge in [-0.15, -0.1) is 0 Å². The van der Waals surface area contributed by atoms with Crippen LogP contribution < -0.4 is 15.8 Å². The fraction of sp³-hybridized carbons (Fsp3) is 0.625. The smallest absolute Gasteiger partial charge is 0.146 e. The molecule has 1 aliphatic carbocycles. The molecule has 1 aromatic carbocycles. The van der Waals surface area contributed by atoms with Crippen molar-refractivity contribution in [2.24, 2.45) is 5.73 Å². The number of anilines is 1. The quantitative estimate of drug-likeness (QED) is 0.884. The van der Waals surface area contributed by atoms with Gasteiger partial charge >= 0.3 is 0 Å². The molecule has 4 heteroatoms. The molecule has 20 heavy (non-hydrogen) atoms. The van der Waals surface area contributed by atoms with E-state index in [-0.39, 0.29) is 11.4 Å². The highest BCUT2D eigenvalue weighted by molar-refractivity contribution is 5.51. The summed E-state index contributed by atoms with van der Waals surface area (Å²) in [6, 6.07) is 4.79. The Morgan fingerprint density at radius 3 is 2.45 bits per heavy atom. The zero-order valence-electron chi connectivity index (χ0n) is 12.3. The van der Waals surface area contributed by atoms with Gasteiger partial charge in [0.05, 0.1) is 12.8 Å². The number of rotatable bonds is 4. The third-order valence-electron chi connectivity index (χ3n) is 4.27. The van der Waals surface area contributed by atoms with Gasteiger partial charge in [0.15, 0.2) is 0 Å². The molecule has 0 bridgehead atoms. The fourth-order valence-electron chi connectivity index (χ4n) is 2.98. The summed E-state index contributed by atoms with van der Waals surface area (Å²) in [7, 11) is 1.59. The van der Waals surface area contributed by atoms with Crippen LogP contribution in [0.25, 0.3) is 0 Å². The molecule has 1 aliphatic rings. The van der Waals surface area contributed by atoms with E-state index in [1.807, 2.05) is 0 Å². The molecule has 1 fully saturated rings. The lowest BCUT2D eigenvalue weighted by atomic mass is 9.83. The Morgan fingerprint density at radius 2 is 1.85 bits per heavy atom. The van der Waals surface area contributed by atoms with Crippen molar-refractivity contribution < 1.29 is 9.13 Å². The van der Waals surface area contributed by atoms with Crippen molar-refractivity contribution in [2.45, 2.75) is 50.5 Å². The average Bonchev–Trinajstić information content (AvgIpc) is 2.44. The number of nitrogens with one attached hydrogen (secondary N) is 1. The summed E-state index contributed by atoms with van der Waals surface area (Å²) in [4.78, 5) is 0. The molecule has 0 atom stereocenters. The Kier molecular flexibility index (Phi) is 5.24. The topological polar surface area (TPSA) is 47.3 Å². The monoisotopic (exact) mass is 280 g/mol. The molecule has 0 aliphatic heterocycles. The van der Waals surface area contributed by atoms with Crippen molar-refractivity contribution in [1.82, 2.24) is 0 Å². The summed E-state index contributed by atoms with van der Waals surface area (Å²) >= 11 is 0. The third kappa shape index (κ3) is 3.63. The van der Waals surface area contributed by atoms with Crippen molar-refractivity contribution in [2.75, 3.05) is 19.0 Å². The summed E-state index contributed by atoms with van der Waals surface area (Å²) < 4.78 is 19.2. The molecule has 0 radical (unpaired) electrons. The zero-order chi connectivity index (χ0) is 14.4. The number of benzene rings is 1. The molecule has 0 spiro atoms. The van der Waals surface area contributed by atoms with Crippen LogP contribution in [-0.2, 0) is 0 Å². The van der Waals surface area contributed by atoms with E-state index < -0.39 is 0 Å². The summed E-state index contributed by atoms with van der Waals surface area (Å²) in [5.41, 5.74) is 6.32. The van der Waals surface area contributed by atoms with Gasteiger partial charge < -0.3 is 15.8 Å². The molecule has 2 rings (SSSR count). The van der Waals surface area contributed by atoms with Crippen LogP contribution in [0.2, 0.25) is 0 Å². The lowest BCUT2D eigenvalue weighted by molar-refractivity contribution is 0.349. The van der Waals surface area contributed by atoms with Crippen molar-refractivity contribution in [3.05, 3.63) is 24.0 Å². The van der Waals surface area contributed by atoms with Crippen molar-refractivity contribution in [1.29, 1.82) is 0 Å². The summed E-state index contributed by atoms with van der Waals surface area (Å²) in [6.07, 6.45) is 8.08. The molecule has 3 N–H and O–H groups in total. The van der Waals surface area contributed by atoms with Gasteiger partial charge in [0.25, 0.3) is 0 Å². The molecule has 0 aromatic heterocycles. The maximum atomic E-state index is 14.0. The zero-order valence-corrected chi connectivity index (χ0v) is 12.3. The molecular weight excluding hydrogens is 255 g/mol. The highest BCUT2D eigenvalue weighted by Gasteiger charge is 2.29. The van der Waals surface area contributed by atoms with E-state index in [4.69, 9.17) is 10.5 Å². The third-order valence-corrected chi connectivity index (χ3v) is 4.27. The number of methoxy groups -OCH3 is 1. The van der Waals surface area contributed by atoms with E-state index in [1.54, 1.807) is 19.2 Å². The minimum Gasteiger partial charge on any atom is -0.497 e. The Hall–Kier alpha value is -1.29. The molecule has 0 unspecified atom stereocenters. The molecular formula is C16H25FN2O. The van der Waals surface area contributed by atoms with Crippen LogP contribution in [0.15, 0.2) is 18.2 Å². The van der Waals surface area contributed by atoms with Crippen LogP contribution in [0.1, 0.15) is 44.9 Å². The van der Waals surface area contributed by atoms with Gasteiger partial charge in [-0.05, 0) is 25.0 Å². The predicted octanol–water partition coefficient (Wildman–Crippen LogP) is 3.69. The van der Waals surface area contributed by atoms with E-state index >= 15 is 0 Å². The Labute approximate surface area is 120 Å². The molecule has 112 valence electrons. The SMILES string of the molecule is COc1ccc(F)c(NC2(CN)CCCCCCC2)c1. The molecule has 0 saturated heterocycles.